The van der Waals surface area contributed by atoms with Gasteiger partial charge in [0.25, 0.3) is 0 Å². The van der Waals surface area contributed by atoms with Crippen molar-refractivity contribution in [3.63, 3.8) is 0 Å². The van der Waals surface area contributed by atoms with Crippen LogP contribution in [0, 0.1) is 5.92 Å². The maximum absolute atomic E-state index is 13.6. The van der Waals surface area contributed by atoms with Crippen molar-refractivity contribution in [3.8, 4) is 0 Å². The van der Waals surface area contributed by atoms with Gasteiger partial charge in [-0.05, 0) is 42.1 Å². The van der Waals surface area contributed by atoms with E-state index < -0.39 is 11.5 Å². The van der Waals surface area contributed by atoms with Gasteiger partial charge in [0.15, 0.2) is 5.78 Å². The molecule has 2 unspecified atom stereocenters. The van der Waals surface area contributed by atoms with Gasteiger partial charge in [-0.25, -0.2) is 0 Å². The molecule has 4 nitrogen and oxygen atoms in total. The first-order valence-corrected chi connectivity index (χ1v) is 8.61. The van der Waals surface area contributed by atoms with E-state index in [0.717, 1.165) is 41.3 Å². The standard InChI is InChI=1S/C20H19NO3/c1-24-19(23)16-11-13-7-4-10-21(13)20(16)15-9-3-6-12-5-2-8-14(17(12)15)18(20)22/h2-3,5-6,8-9,13,16H,4,7,10-11H2,1H3/t13?,16?,20-/m0/s1. The number of esters is 1. The minimum Gasteiger partial charge on any atom is -0.469 e. The van der Waals surface area contributed by atoms with Gasteiger partial charge in [-0.1, -0.05) is 36.4 Å². The van der Waals surface area contributed by atoms with E-state index in [1.807, 2.05) is 36.4 Å². The number of carbonyl (C=O) groups is 2. The highest BCUT2D eigenvalue weighted by molar-refractivity contribution is 6.21. The Balaban J connectivity index is 1.84. The van der Waals surface area contributed by atoms with Gasteiger partial charge >= 0.3 is 5.97 Å². The second kappa shape index (κ2) is 4.67. The van der Waals surface area contributed by atoms with Crippen molar-refractivity contribution in [2.75, 3.05) is 13.7 Å². The lowest BCUT2D eigenvalue weighted by Gasteiger charge is -2.37. The lowest BCUT2D eigenvalue weighted by Crippen LogP contribution is -2.51. The van der Waals surface area contributed by atoms with E-state index in [1.54, 1.807) is 0 Å². The fourth-order valence-electron chi connectivity index (χ4n) is 5.40. The van der Waals surface area contributed by atoms with E-state index in [4.69, 9.17) is 4.74 Å². The molecule has 0 aromatic heterocycles. The van der Waals surface area contributed by atoms with E-state index in [1.165, 1.54) is 7.11 Å². The minimum absolute atomic E-state index is 0.0779. The third kappa shape index (κ3) is 1.44. The van der Waals surface area contributed by atoms with E-state index >= 15 is 0 Å². The van der Waals surface area contributed by atoms with Crippen LogP contribution in [0.1, 0.15) is 35.2 Å². The highest BCUT2D eigenvalue weighted by Crippen LogP contribution is 2.57. The Morgan fingerprint density at radius 3 is 2.83 bits per heavy atom. The maximum Gasteiger partial charge on any atom is 0.311 e. The van der Waals surface area contributed by atoms with E-state index in [9.17, 15) is 9.59 Å². The molecular weight excluding hydrogens is 302 g/mol. The lowest BCUT2D eigenvalue weighted by atomic mass is 9.77. The molecule has 2 heterocycles. The van der Waals surface area contributed by atoms with Crippen molar-refractivity contribution in [3.05, 3.63) is 47.5 Å². The molecule has 1 spiro atoms. The lowest BCUT2D eigenvalue weighted by molar-refractivity contribution is -0.148. The van der Waals surface area contributed by atoms with Crippen LogP contribution in [0.5, 0.6) is 0 Å². The summed E-state index contributed by atoms with van der Waals surface area (Å²) in [6.45, 7) is 0.869. The Morgan fingerprint density at radius 2 is 2.04 bits per heavy atom. The summed E-state index contributed by atoms with van der Waals surface area (Å²) in [5.74, 6) is -0.602. The number of ketones is 1. The number of benzene rings is 2. The van der Waals surface area contributed by atoms with Crippen LogP contribution < -0.4 is 0 Å². The number of hydrogen-bond acceptors (Lipinski definition) is 4. The SMILES string of the molecule is COC(=O)C1CC2CCCN2[C@]12C(=O)c1cccc3cccc2c13. The second-order valence-corrected chi connectivity index (χ2v) is 7.11. The van der Waals surface area contributed by atoms with E-state index in [0.29, 0.717) is 12.5 Å². The quantitative estimate of drug-likeness (QED) is 0.758. The molecule has 5 rings (SSSR count). The molecule has 122 valence electrons. The van der Waals surface area contributed by atoms with Gasteiger partial charge in [-0.2, -0.15) is 0 Å². The molecule has 0 bridgehead atoms. The van der Waals surface area contributed by atoms with Gasteiger partial charge in [0, 0.05) is 11.6 Å². The van der Waals surface area contributed by atoms with Gasteiger partial charge in [0.1, 0.15) is 5.54 Å². The highest BCUT2D eigenvalue weighted by atomic mass is 16.5. The van der Waals surface area contributed by atoms with Gasteiger partial charge in [0.2, 0.25) is 0 Å². The molecule has 3 atom stereocenters. The Labute approximate surface area is 140 Å². The van der Waals surface area contributed by atoms with Crippen LogP contribution in [0.4, 0.5) is 0 Å². The zero-order valence-corrected chi connectivity index (χ0v) is 13.6. The van der Waals surface area contributed by atoms with Crippen molar-refractivity contribution in [1.29, 1.82) is 0 Å². The fraction of sp³-hybridized carbons (Fsp3) is 0.400. The Bertz CT molecular complexity index is 884. The Morgan fingerprint density at radius 1 is 1.25 bits per heavy atom. The average molecular weight is 321 g/mol. The van der Waals surface area contributed by atoms with E-state index in [-0.39, 0.29) is 11.8 Å². The van der Waals surface area contributed by atoms with Gasteiger partial charge < -0.3 is 4.74 Å². The van der Waals surface area contributed by atoms with Crippen molar-refractivity contribution in [2.24, 2.45) is 5.92 Å². The number of hydrogen-bond donors (Lipinski definition) is 0. The van der Waals surface area contributed by atoms with Gasteiger partial charge in [-0.3, -0.25) is 14.5 Å². The number of nitrogens with zero attached hydrogens (tertiary/aromatic N) is 1. The highest BCUT2D eigenvalue weighted by Gasteiger charge is 2.65. The molecule has 3 aliphatic rings. The third-order valence-electron chi connectivity index (χ3n) is 6.23. The summed E-state index contributed by atoms with van der Waals surface area (Å²) < 4.78 is 5.11. The molecular formula is C20H19NO3. The summed E-state index contributed by atoms with van der Waals surface area (Å²) >= 11 is 0. The summed E-state index contributed by atoms with van der Waals surface area (Å²) in [4.78, 5) is 28.5. The van der Waals surface area contributed by atoms with Crippen LogP contribution in [-0.2, 0) is 15.1 Å². The third-order valence-corrected chi connectivity index (χ3v) is 6.23. The summed E-state index contributed by atoms with van der Waals surface area (Å²) in [5.41, 5.74) is 0.891. The first-order chi connectivity index (χ1) is 11.7. The van der Waals surface area contributed by atoms with Crippen LogP contribution in [0.3, 0.4) is 0 Å². The minimum atomic E-state index is -0.864. The second-order valence-electron chi connectivity index (χ2n) is 7.11. The molecule has 2 aromatic rings. The zero-order chi connectivity index (χ0) is 16.5. The molecule has 2 saturated heterocycles. The molecule has 2 aromatic carbocycles. The monoisotopic (exact) mass is 321 g/mol. The topological polar surface area (TPSA) is 46.6 Å². The van der Waals surface area contributed by atoms with Crippen LogP contribution in [0.15, 0.2) is 36.4 Å². The van der Waals surface area contributed by atoms with Crippen molar-refractivity contribution < 1.29 is 14.3 Å². The number of ether oxygens (including phenoxy) is 1. The molecule has 24 heavy (non-hydrogen) atoms. The molecule has 4 heteroatoms. The number of carbonyl (C=O) groups excluding carboxylic acids is 2. The summed E-state index contributed by atoms with van der Waals surface area (Å²) in [6.07, 6.45) is 2.84. The van der Waals surface area contributed by atoms with Gasteiger partial charge in [0.05, 0.1) is 13.0 Å². The molecule has 0 amide bonds. The summed E-state index contributed by atoms with van der Waals surface area (Å²) in [7, 11) is 1.42. The molecule has 0 saturated carbocycles. The number of methoxy groups -OCH3 is 1. The Hall–Kier alpha value is -2.20. The summed E-state index contributed by atoms with van der Waals surface area (Å²) in [5, 5.41) is 2.09. The predicted octanol–water partition coefficient (Wildman–Crippen LogP) is 2.89. The van der Waals surface area contributed by atoms with Crippen LogP contribution in [-0.4, -0.2) is 36.3 Å². The average Bonchev–Trinajstić information content (AvgIpc) is 3.25. The first-order valence-electron chi connectivity index (χ1n) is 8.61. The number of fused-ring (bicyclic) bond motifs is 3. The predicted molar refractivity (Wildman–Crippen MR) is 89.8 cm³/mol. The normalized spacial score (nSPS) is 31.1. The van der Waals surface area contributed by atoms with Crippen molar-refractivity contribution in [2.45, 2.75) is 30.8 Å². The molecule has 2 fully saturated rings. The number of rotatable bonds is 1. The van der Waals surface area contributed by atoms with Crippen LogP contribution in [0.2, 0.25) is 0 Å². The summed E-state index contributed by atoms with van der Waals surface area (Å²) in [6, 6.07) is 12.2. The van der Waals surface area contributed by atoms with Crippen LogP contribution >= 0.6 is 0 Å². The molecule has 0 N–H and O–H groups in total. The molecule has 2 aliphatic heterocycles. The van der Waals surface area contributed by atoms with Crippen LogP contribution in [0.25, 0.3) is 10.8 Å². The van der Waals surface area contributed by atoms with Crippen molar-refractivity contribution in [1.82, 2.24) is 4.90 Å². The smallest absolute Gasteiger partial charge is 0.311 e. The van der Waals surface area contributed by atoms with E-state index in [2.05, 4.69) is 4.90 Å². The van der Waals surface area contributed by atoms with Gasteiger partial charge in [-0.15, -0.1) is 0 Å². The fourth-order valence-corrected chi connectivity index (χ4v) is 5.40. The Kier molecular flexibility index (Phi) is 2.76. The maximum atomic E-state index is 13.6. The van der Waals surface area contributed by atoms with Crippen molar-refractivity contribution >= 4 is 22.5 Å². The first kappa shape index (κ1) is 14.2. The molecule has 0 radical (unpaired) electrons. The molecule has 1 aliphatic carbocycles. The largest absolute Gasteiger partial charge is 0.469 e. The number of Topliss-reactive ketones (excluding diaryl/α,β-unsaturated/α-hetero) is 1. The zero-order valence-electron chi connectivity index (χ0n) is 13.6.